The summed E-state index contributed by atoms with van der Waals surface area (Å²) in [5, 5.41) is 10.9. The molecule has 1 saturated heterocycles. The molecule has 0 aromatic heterocycles. The zero-order chi connectivity index (χ0) is 30.9. The van der Waals surface area contributed by atoms with Crippen molar-refractivity contribution >= 4 is 23.9 Å². The normalized spacial score (nSPS) is 19.8. The summed E-state index contributed by atoms with van der Waals surface area (Å²) < 4.78 is 28.3. The van der Waals surface area contributed by atoms with E-state index in [1.54, 1.807) is 84.9 Å². The first kappa shape index (κ1) is 30.1. The van der Waals surface area contributed by atoms with Crippen molar-refractivity contribution in [3.63, 3.8) is 0 Å². The van der Waals surface area contributed by atoms with Crippen molar-refractivity contribution < 1.29 is 48.0 Å². The molecule has 1 aliphatic heterocycles. The number of hydrogen-bond acceptors (Lipinski definition) is 10. The zero-order valence-corrected chi connectivity index (χ0v) is 23.3. The first-order chi connectivity index (χ1) is 21.4. The van der Waals surface area contributed by atoms with Crippen LogP contribution in [0, 0.1) is 0 Å². The van der Waals surface area contributed by atoms with Gasteiger partial charge in [0.2, 0.25) is 0 Å². The predicted octanol–water partition coefficient (Wildman–Crippen LogP) is 4.24. The fourth-order valence-electron chi connectivity index (χ4n) is 4.55. The lowest BCUT2D eigenvalue weighted by Crippen LogP contribution is -2.47. The van der Waals surface area contributed by atoms with Crippen LogP contribution >= 0.6 is 0 Å². The Kier molecular flexibility index (Phi) is 9.75. The zero-order valence-electron chi connectivity index (χ0n) is 23.3. The number of aliphatic hydroxyl groups is 1. The molecule has 1 heterocycles. The molecule has 4 aromatic rings. The second kappa shape index (κ2) is 14.2. The molecule has 0 bridgehead atoms. The average Bonchev–Trinajstić information content (AvgIpc) is 3.37. The van der Waals surface area contributed by atoms with E-state index in [9.17, 15) is 24.3 Å². The molecule has 1 N–H and O–H groups in total. The third-order valence-corrected chi connectivity index (χ3v) is 6.75. The van der Waals surface area contributed by atoms with E-state index < -0.39 is 61.2 Å². The van der Waals surface area contributed by atoms with Crippen molar-refractivity contribution in [1.82, 2.24) is 0 Å². The number of carbonyl (C=O) groups is 4. The van der Waals surface area contributed by atoms with Gasteiger partial charge in [0.25, 0.3) is 0 Å². The summed E-state index contributed by atoms with van der Waals surface area (Å²) in [7, 11) is 0. The maximum absolute atomic E-state index is 13.2. The number of carbonyl (C=O) groups excluding carboxylic acids is 4. The molecule has 0 aliphatic carbocycles. The largest absolute Gasteiger partial charge is 0.458 e. The molecule has 5 rings (SSSR count). The first-order valence-corrected chi connectivity index (χ1v) is 13.7. The highest BCUT2D eigenvalue weighted by Gasteiger charge is 2.53. The molecule has 44 heavy (non-hydrogen) atoms. The van der Waals surface area contributed by atoms with E-state index in [-0.39, 0.29) is 22.3 Å². The highest BCUT2D eigenvalue weighted by molar-refractivity contribution is 5.91. The van der Waals surface area contributed by atoms with Gasteiger partial charge in [-0.1, -0.05) is 72.8 Å². The van der Waals surface area contributed by atoms with Crippen LogP contribution in [0.25, 0.3) is 0 Å². The number of aliphatic hydroxyl groups excluding tert-OH is 1. The van der Waals surface area contributed by atoms with Gasteiger partial charge >= 0.3 is 23.9 Å². The van der Waals surface area contributed by atoms with Gasteiger partial charge in [0.05, 0.1) is 22.3 Å². The minimum Gasteiger partial charge on any atom is -0.458 e. The third-order valence-electron chi connectivity index (χ3n) is 6.75. The summed E-state index contributed by atoms with van der Waals surface area (Å²) in [6, 6.07) is 32.2. The highest BCUT2D eigenvalue weighted by atomic mass is 16.7. The minimum atomic E-state index is -1.79. The fraction of sp³-hybridized carbons (Fsp3) is 0.176. The van der Waals surface area contributed by atoms with Crippen LogP contribution in [0.15, 0.2) is 121 Å². The van der Waals surface area contributed by atoms with E-state index >= 15 is 0 Å². The van der Waals surface area contributed by atoms with Crippen molar-refractivity contribution in [2.24, 2.45) is 0 Å². The molecule has 1 fully saturated rings. The fourth-order valence-corrected chi connectivity index (χ4v) is 4.55. The van der Waals surface area contributed by atoms with E-state index in [4.69, 9.17) is 23.7 Å². The van der Waals surface area contributed by atoms with E-state index in [0.29, 0.717) is 0 Å². The number of benzene rings is 4. The molecule has 0 saturated carbocycles. The Morgan fingerprint density at radius 1 is 0.568 bits per heavy atom. The Morgan fingerprint density at radius 3 is 1.41 bits per heavy atom. The number of rotatable bonds is 10. The SMILES string of the molecule is O=C(OC[C@@H](OC(=O)c1ccccc1)[C@@H]1O[C@H](O)[C@H](OC(=O)c2ccccc2)[C@H]1OC(=O)c1ccccc1)c1ccccc1. The van der Waals surface area contributed by atoms with Crippen LogP contribution in [-0.4, -0.2) is 66.3 Å². The highest BCUT2D eigenvalue weighted by Crippen LogP contribution is 2.31. The Balaban J connectivity index is 1.45. The molecule has 224 valence electrons. The lowest BCUT2D eigenvalue weighted by molar-refractivity contribution is -0.153. The van der Waals surface area contributed by atoms with Gasteiger partial charge < -0.3 is 28.8 Å². The lowest BCUT2D eigenvalue weighted by Gasteiger charge is -2.28. The van der Waals surface area contributed by atoms with Crippen molar-refractivity contribution in [2.75, 3.05) is 6.61 Å². The predicted molar refractivity (Wildman–Crippen MR) is 155 cm³/mol. The van der Waals surface area contributed by atoms with Crippen LogP contribution in [0.3, 0.4) is 0 Å². The molecule has 1 aliphatic rings. The molecule has 0 radical (unpaired) electrons. The maximum atomic E-state index is 13.2. The summed E-state index contributed by atoms with van der Waals surface area (Å²) in [5.41, 5.74) is 0.791. The topological polar surface area (TPSA) is 135 Å². The summed E-state index contributed by atoms with van der Waals surface area (Å²) in [5.74, 6) is -3.13. The second-order valence-corrected chi connectivity index (χ2v) is 9.74. The Labute approximate surface area is 252 Å². The maximum Gasteiger partial charge on any atom is 0.338 e. The van der Waals surface area contributed by atoms with Crippen LogP contribution in [0.1, 0.15) is 41.4 Å². The van der Waals surface area contributed by atoms with Gasteiger partial charge in [0.1, 0.15) is 12.7 Å². The quantitative estimate of drug-likeness (QED) is 0.209. The van der Waals surface area contributed by atoms with Gasteiger partial charge in [-0.15, -0.1) is 0 Å². The standard InChI is InChI=1S/C34H28O10/c35-30(22-13-5-1-6-14-22)40-21-26(41-31(36)23-15-7-2-8-16-23)27-28(43-32(37)24-17-9-3-10-18-24)29(34(39)42-27)44-33(38)25-19-11-4-12-20-25/h1-20,26-29,34,39H,21H2/t26-,27+,28+,29-,34+/m1/s1. The molecule has 0 amide bonds. The smallest absolute Gasteiger partial charge is 0.338 e. The van der Waals surface area contributed by atoms with Gasteiger partial charge in [-0.25, -0.2) is 19.2 Å². The molecule has 10 heteroatoms. The van der Waals surface area contributed by atoms with Gasteiger partial charge in [-0.05, 0) is 48.5 Å². The van der Waals surface area contributed by atoms with Gasteiger partial charge in [-0.2, -0.15) is 0 Å². The molecular formula is C34H28O10. The summed E-state index contributed by atoms with van der Waals surface area (Å²) >= 11 is 0. The van der Waals surface area contributed by atoms with Crippen molar-refractivity contribution in [2.45, 2.75) is 30.7 Å². The Bertz CT molecular complexity index is 1560. The van der Waals surface area contributed by atoms with Gasteiger partial charge in [-0.3, -0.25) is 0 Å². The summed E-state index contributed by atoms with van der Waals surface area (Å²) in [6.07, 6.45) is -7.61. The number of ether oxygens (including phenoxy) is 5. The molecule has 0 spiro atoms. The van der Waals surface area contributed by atoms with Crippen LogP contribution < -0.4 is 0 Å². The van der Waals surface area contributed by atoms with Crippen LogP contribution in [0.4, 0.5) is 0 Å². The minimum absolute atomic E-state index is 0.175. The Hall–Kier alpha value is -5.32. The lowest BCUT2D eigenvalue weighted by atomic mass is 10.0. The van der Waals surface area contributed by atoms with Crippen LogP contribution in [0.5, 0.6) is 0 Å². The Morgan fingerprint density at radius 2 is 0.955 bits per heavy atom. The number of hydrogen-bond donors (Lipinski definition) is 1. The van der Waals surface area contributed by atoms with E-state index in [1.807, 2.05) is 0 Å². The average molecular weight is 597 g/mol. The third kappa shape index (κ3) is 7.35. The van der Waals surface area contributed by atoms with Crippen molar-refractivity contribution in [3.05, 3.63) is 144 Å². The monoisotopic (exact) mass is 596 g/mol. The first-order valence-electron chi connectivity index (χ1n) is 13.7. The van der Waals surface area contributed by atoms with Crippen molar-refractivity contribution in [1.29, 1.82) is 0 Å². The van der Waals surface area contributed by atoms with E-state index in [2.05, 4.69) is 0 Å². The molecule has 4 aromatic carbocycles. The molecule has 10 nitrogen and oxygen atoms in total. The number of esters is 4. The van der Waals surface area contributed by atoms with Crippen molar-refractivity contribution in [3.8, 4) is 0 Å². The summed E-state index contributed by atoms with van der Waals surface area (Å²) in [4.78, 5) is 52.1. The second-order valence-electron chi connectivity index (χ2n) is 9.74. The van der Waals surface area contributed by atoms with Crippen LogP contribution in [0.2, 0.25) is 0 Å². The summed E-state index contributed by atoms with van der Waals surface area (Å²) in [6.45, 7) is -0.539. The van der Waals surface area contributed by atoms with Gasteiger partial charge in [0, 0.05) is 0 Å². The van der Waals surface area contributed by atoms with Gasteiger partial charge in [0.15, 0.2) is 24.6 Å². The van der Waals surface area contributed by atoms with E-state index in [1.165, 1.54) is 36.4 Å². The molecular weight excluding hydrogens is 568 g/mol. The van der Waals surface area contributed by atoms with Crippen LogP contribution in [-0.2, 0) is 23.7 Å². The molecule has 0 unspecified atom stereocenters. The molecule has 5 atom stereocenters. The van der Waals surface area contributed by atoms with E-state index in [0.717, 1.165) is 0 Å².